The van der Waals surface area contributed by atoms with Crippen molar-refractivity contribution in [3.05, 3.63) is 47.3 Å². The van der Waals surface area contributed by atoms with Crippen LogP contribution in [-0.2, 0) is 6.18 Å². The molecule has 9 heteroatoms. The van der Waals surface area contributed by atoms with E-state index in [1.54, 1.807) is 24.3 Å². The van der Waals surface area contributed by atoms with Crippen molar-refractivity contribution in [1.29, 1.82) is 0 Å². The standard InChI is InChI=1S/C18H21F3N4O.ClH/c1-12-3-5-14(6-4-12)25-16(18(19,20)21)15(10-23-25)17(26)24-8-7-13(11-24)9-22-2;/h3-6,10,13,22H,7-9,11H2,1-2H3;1H. The molecule has 3 rings (SSSR count). The average molecular weight is 403 g/mol. The smallest absolute Gasteiger partial charge is 0.338 e. The Morgan fingerprint density at radius 1 is 1.30 bits per heavy atom. The molecule has 5 nitrogen and oxygen atoms in total. The predicted molar refractivity (Wildman–Crippen MR) is 98.5 cm³/mol. The molecule has 2 aromatic rings. The average Bonchev–Trinajstić information content (AvgIpc) is 3.22. The molecule has 1 aromatic heterocycles. The Bertz CT molecular complexity index is 789. The van der Waals surface area contributed by atoms with Crippen molar-refractivity contribution in [1.82, 2.24) is 20.0 Å². The van der Waals surface area contributed by atoms with E-state index in [4.69, 9.17) is 0 Å². The molecule has 27 heavy (non-hydrogen) atoms. The number of aromatic nitrogens is 2. The largest absolute Gasteiger partial charge is 0.434 e. The van der Waals surface area contributed by atoms with Gasteiger partial charge in [0.25, 0.3) is 5.91 Å². The summed E-state index contributed by atoms with van der Waals surface area (Å²) in [5.41, 5.74) is -0.221. The van der Waals surface area contributed by atoms with E-state index < -0.39 is 23.3 Å². The van der Waals surface area contributed by atoms with Gasteiger partial charge in [-0.1, -0.05) is 17.7 Å². The van der Waals surface area contributed by atoms with Crippen LogP contribution in [0.5, 0.6) is 0 Å². The maximum atomic E-state index is 13.7. The summed E-state index contributed by atoms with van der Waals surface area (Å²) in [6.45, 7) is 3.49. The predicted octanol–water partition coefficient (Wildman–Crippen LogP) is 3.30. The molecule has 1 N–H and O–H groups in total. The lowest BCUT2D eigenvalue weighted by Gasteiger charge is -2.18. The minimum atomic E-state index is -4.68. The molecule has 148 valence electrons. The summed E-state index contributed by atoms with van der Waals surface area (Å²) in [5, 5.41) is 6.91. The second-order valence-electron chi connectivity index (χ2n) is 6.62. The number of amides is 1. The van der Waals surface area contributed by atoms with Crippen LogP contribution in [0.2, 0.25) is 0 Å². The number of nitrogens with zero attached hydrogens (tertiary/aromatic N) is 3. The van der Waals surface area contributed by atoms with Gasteiger partial charge in [0.2, 0.25) is 0 Å². The summed E-state index contributed by atoms with van der Waals surface area (Å²) in [6, 6.07) is 6.54. The molecule has 0 radical (unpaired) electrons. The van der Waals surface area contributed by atoms with E-state index in [1.165, 1.54) is 4.90 Å². The van der Waals surface area contributed by atoms with Gasteiger partial charge >= 0.3 is 6.18 Å². The molecule has 1 atom stereocenters. The van der Waals surface area contributed by atoms with Crippen LogP contribution in [0.1, 0.15) is 28.0 Å². The highest BCUT2D eigenvalue weighted by molar-refractivity contribution is 5.95. The van der Waals surface area contributed by atoms with Gasteiger partial charge in [0.15, 0.2) is 5.69 Å². The number of likely N-dealkylation sites (tertiary alicyclic amines) is 1. The molecule has 2 heterocycles. The summed E-state index contributed by atoms with van der Waals surface area (Å²) in [6.07, 6.45) is -2.88. The van der Waals surface area contributed by atoms with Gasteiger partial charge in [-0.05, 0) is 45.0 Å². The third-order valence-electron chi connectivity index (χ3n) is 4.61. The highest BCUT2D eigenvalue weighted by atomic mass is 35.5. The van der Waals surface area contributed by atoms with Crippen molar-refractivity contribution in [2.45, 2.75) is 19.5 Å². The molecular weight excluding hydrogens is 381 g/mol. The number of hydrogen-bond acceptors (Lipinski definition) is 3. The lowest BCUT2D eigenvalue weighted by atomic mass is 10.1. The Morgan fingerprint density at radius 2 is 1.96 bits per heavy atom. The lowest BCUT2D eigenvalue weighted by Crippen LogP contribution is -2.32. The summed E-state index contributed by atoms with van der Waals surface area (Å²) >= 11 is 0. The van der Waals surface area contributed by atoms with Crippen LogP contribution in [-0.4, -0.2) is 47.3 Å². The minimum absolute atomic E-state index is 0. The molecule has 0 spiro atoms. The Labute approximate surface area is 161 Å². The minimum Gasteiger partial charge on any atom is -0.338 e. The number of hydrogen-bond donors (Lipinski definition) is 1. The van der Waals surface area contributed by atoms with Crippen molar-refractivity contribution in [3.8, 4) is 5.69 Å². The molecule has 1 amide bonds. The summed E-state index contributed by atoms with van der Waals surface area (Å²) in [7, 11) is 1.82. The van der Waals surface area contributed by atoms with E-state index in [2.05, 4.69) is 10.4 Å². The van der Waals surface area contributed by atoms with E-state index in [1.807, 2.05) is 14.0 Å². The number of benzene rings is 1. The first-order valence-corrected chi connectivity index (χ1v) is 8.47. The molecule has 1 saturated heterocycles. The van der Waals surface area contributed by atoms with E-state index in [-0.39, 0.29) is 24.0 Å². The fourth-order valence-corrected chi connectivity index (χ4v) is 3.30. The van der Waals surface area contributed by atoms with Gasteiger partial charge in [0, 0.05) is 13.1 Å². The third-order valence-corrected chi connectivity index (χ3v) is 4.61. The zero-order chi connectivity index (χ0) is 18.9. The van der Waals surface area contributed by atoms with Crippen molar-refractivity contribution in [2.75, 3.05) is 26.7 Å². The second-order valence-corrected chi connectivity index (χ2v) is 6.62. The monoisotopic (exact) mass is 402 g/mol. The third kappa shape index (κ3) is 4.44. The van der Waals surface area contributed by atoms with Gasteiger partial charge in [-0.15, -0.1) is 12.4 Å². The molecule has 1 aliphatic rings. The first kappa shape index (κ1) is 21.2. The van der Waals surface area contributed by atoms with Crippen LogP contribution in [0.3, 0.4) is 0 Å². The number of carbonyl (C=O) groups is 1. The maximum absolute atomic E-state index is 13.7. The van der Waals surface area contributed by atoms with Gasteiger partial charge in [0.05, 0.1) is 17.4 Å². The Hall–Kier alpha value is -2.06. The number of halogens is 4. The zero-order valence-corrected chi connectivity index (χ0v) is 15.9. The molecule has 0 bridgehead atoms. The first-order valence-electron chi connectivity index (χ1n) is 8.47. The second kappa shape index (κ2) is 8.31. The van der Waals surface area contributed by atoms with Crippen LogP contribution in [0.25, 0.3) is 5.69 Å². The van der Waals surface area contributed by atoms with Crippen LogP contribution in [0, 0.1) is 12.8 Å². The number of aryl methyl sites for hydroxylation is 1. The number of nitrogens with one attached hydrogen (secondary N) is 1. The fraction of sp³-hybridized carbons (Fsp3) is 0.444. The van der Waals surface area contributed by atoms with Crippen molar-refractivity contribution < 1.29 is 18.0 Å². The fourth-order valence-electron chi connectivity index (χ4n) is 3.30. The van der Waals surface area contributed by atoms with E-state index >= 15 is 0 Å². The van der Waals surface area contributed by atoms with Gasteiger partial charge in [-0.2, -0.15) is 18.3 Å². The summed E-state index contributed by atoms with van der Waals surface area (Å²) in [4.78, 5) is 14.2. The van der Waals surface area contributed by atoms with Gasteiger partial charge in [-0.3, -0.25) is 4.79 Å². The Kier molecular flexibility index (Phi) is 6.54. The Morgan fingerprint density at radius 3 is 2.56 bits per heavy atom. The summed E-state index contributed by atoms with van der Waals surface area (Å²) < 4.78 is 41.9. The van der Waals surface area contributed by atoms with Crippen molar-refractivity contribution >= 4 is 18.3 Å². The quantitative estimate of drug-likeness (QED) is 0.853. The van der Waals surface area contributed by atoms with Gasteiger partial charge in [-0.25, -0.2) is 4.68 Å². The molecule has 1 fully saturated rings. The summed E-state index contributed by atoms with van der Waals surface area (Å²) in [5.74, 6) is -0.361. The molecular formula is C18H22ClF3N4O. The Balaban J connectivity index is 0.00000261. The topological polar surface area (TPSA) is 50.2 Å². The highest BCUT2D eigenvalue weighted by Crippen LogP contribution is 2.34. The van der Waals surface area contributed by atoms with Crippen LogP contribution >= 0.6 is 12.4 Å². The van der Waals surface area contributed by atoms with Crippen molar-refractivity contribution in [3.63, 3.8) is 0 Å². The number of carbonyl (C=O) groups excluding carboxylic acids is 1. The van der Waals surface area contributed by atoms with Gasteiger partial charge in [0.1, 0.15) is 0 Å². The molecule has 0 aliphatic carbocycles. The maximum Gasteiger partial charge on any atom is 0.434 e. The van der Waals surface area contributed by atoms with Crippen LogP contribution in [0.4, 0.5) is 13.2 Å². The molecule has 1 aliphatic heterocycles. The first-order chi connectivity index (χ1) is 12.3. The van der Waals surface area contributed by atoms with E-state index in [9.17, 15) is 18.0 Å². The van der Waals surface area contributed by atoms with E-state index in [0.29, 0.717) is 13.1 Å². The molecule has 0 saturated carbocycles. The van der Waals surface area contributed by atoms with Crippen molar-refractivity contribution in [2.24, 2.45) is 5.92 Å². The molecule has 1 unspecified atom stereocenters. The number of alkyl halides is 3. The molecule has 1 aromatic carbocycles. The lowest BCUT2D eigenvalue weighted by molar-refractivity contribution is -0.143. The normalized spacial score (nSPS) is 17.1. The number of rotatable bonds is 4. The van der Waals surface area contributed by atoms with E-state index in [0.717, 1.165) is 29.4 Å². The SMILES string of the molecule is CNCC1CCN(C(=O)c2cnn(-c3ccc(C)cc3)c2C(F)(F)F)C1.Cl. The van der Waals surface area contributed by atoms with Crippen LogP contribution in [0.15, 0.2) is 30.5 Å². The highest BCUT2D eigenvalue weighted by Gasteiger charge is 2.42. The van der Waals surface area contributed by atoms with Crippen LogP contribution < -0.4 is 5.32 Å². The zero-order valence-electron chi connectivity index (χ0n) is 15.1. The van der Waals surface area contributed by atoms with Gasteiger partial charge < -0.3 is 10.2 Å².